The van der Waals surface area contributed by atoms with Crippen molar-refractivity contribution in [2.45, 2.75) is 44.2 Å². The van der Waals surface area contributed by atoms with Crippen LogP contribution in [0.15, 0.2) is 24.3 Å². The van der Waals surface area contributed by atoms with E-state index in [0.29, 0.717) is 25.3 Å². The molecule has 2 aliphatic rings. The molecule has 3 rings (SSSR count). The van der Waals surface area contributed by atoms with Crippen LogP contribution in [-0.2, 0) is 11.2 Å². The van der Waals surface area contributed by atoms with Gasteiger partial charge in [0.05, 0.1) is 12.7 Å². The fraction of sp³-hybridized carbons (Fsp3) is 0.647. The smallest absolute Gasteiger partial charge is 0.0703 e. The van der Waals surface area contributed by atoms with Crippen LogP contribution in [0, 0.1) is 0 Å². The molecule has 1 heterocycles. The molecule has 1 aliphatic heterocycles. The van der Waals surface area contributed by atoms with Gasteiger partial charge in [0.2, 0.25) is 0 Å². The zero-order chi connectivity index (χ0) is 13.8. The third kappa shape index (κ3) is 3.05. The third-order valence-corrected chi connectivity index (χ3v) is 4.66. The third-order valence-electron chi connectivity index (χ3n) is 4.66. The molecule has 0 radical (unpaired) electrons. The van der Waals surface area contributed by atoms with Crippen molar-refractivity contribution in [3.8, 4) is 0 Å². The van der Waals surface area contributed by atoms with Gasteiger partial charge in [0.1, 0.15) is 0 Å². The van der Waals surface area contributed by atoms with Crippen molar-refractivity contribution in [1.82, 2.24) is 4.90 Å². The van der Waals surface area contributed by atoms with Gasteiger partial charge in [-0.25, -0.2) is 0 Å². The Morgan fingerprint density at radius 2 is 2.10 bits per heavy atom. The van der Waals surface area contributed by atoms with E-state index in [4.69, 9.17) is 10.5 Å². The number of nitrogens with two attached hydrogens (primary N) is 1. The minimum Gasteiger partial charge on any atom is -0.376 e. The van der Waals surface area contributed by atoms with Gasteiger partial charge in [-0.05, 0) is 49.8 Å². The van der Waals surface area contributed by atoms with E-state index in [2.05, 4.69) is 29.2 Å². The molecule has 110 valence electrons. The molecule has 1 saturated heterocycles. The Kier molecular flexibility index (Phi) is 4.71. The van der Waals surface area contributed by atoms with Crippen LogP contribution in [0.3, 0.4) is 0 Å². The van der Waals surface area contributed by atoms with Gasteiger partial charge in [0.15, 0.2) is 0 Å². The predicted molar refractivity (Wildman–Crippen MR) is 81.7 cm³/mol. The van der Waals surface area contributed by atoms with Crippen molar-refractivity contribution < 1.29 is 4.74 Å². The maximum absolute atomic E-state index is 5.87. The summed E-state index contributed by atoms with van der Waals surface area (Å²) >= 11 is 0. The molecule has 2 unspecified atom stereocenters. The van der Waals surface area contributed by atoms with Gasteiger partial charge in [0.25, 0.3) is 0 Å². The maximum Gasteiger partial charge on any atom is 0.0703 e. The molecule has 3 heteroatoms. The zero-order valence-corrected chi connectivity index (χ0v) is 12.3. The second-order valence-corrected chi connectivity index (χ2v) is 6.03. The van der Waals surface area contributed by atoms with E-state index in [1.54, 1.807) is 11.1 Å². The molecule has 1 aromatic rings. The molecule has 1 fully saturated rings. The summed E-state index contributed by atoms with van der Waals surface area (Å²) in [5.41, 5.74) is 8.65. The second-order valence-electron chi connectivity index (χ2n) is 6.03. The Morgan fingerprint density at radius 1 is 1.20 bits per heavy atom. The van der Waals surface area contributed by atoms with Crippen molar-refractivity contribution in [2.75, 3.05) is 26.2 Å². The number of piperidine rings is 1. The zero-order valence-electron chi connectivity index (χ0n) is 12.3. The van der Waals surface area contributed by atoms with Crippen molar-refractivity contribution in [2.24, 2.45) is 5.73 Å². The van der Waals surface area contributed by atoms with E-state index in [1.165, 1.54) is 38.6 Å². The highest BCUT2D eigenvalue weighted by molar-refractivity contribution is 5.32. The fourth-order valence-corrected chi connectivity index (χ4v) is 3.73. The van der Waals surface area contributed by atoms with Crippen molar-refractivity contribution in [3.05, 3.63) is 35.4 Å². The lowest BCUT2D eigenvalue weighted by Crippen LogP contribution is -2.43. The quantitative estimate of drug-likeness (QED) is 0.917. The number of ether oxygens (including phenoxy) is 1. The van der Waals surface area contributed by atoms with Gasteiger partial charge in [-0.1, -0.05) is 24.3 Å². The largest absolute Gasteiger partial charge is 0.376 e. The molecule has 2 atom stereocenters. The number of likely N-dealkylation sites (tertiary alicyclic amines) is 1. The topological polar surface area (TPSA) is 38.5 Å². The number of rotatable bonds is 4. The van der Waals surface area contributed by atoms with Gasteiger partial charge in [-0.2, -0.15) is 0 Å². The van der Waals surface area contributed by atoms with E-state index in [1.807, 2.05) is 0 Å². The summed E-state index contributed by atoms with van der Waals surface area (Å²) < 4.78 is 5.87. The van der Waals surface area contributed by atoms with Crippen LogP contribution >= 0.6 is 0 Å². The van der Waals surface area contributed by atoms with Gasteiger partial charge in [0, 0.05) is 19.1 Å². The molecule has 2 N–H and O–H groups in total. The van der Waals surface area contributed by atoms with Crippen LogP contribution in [0.1, 0.15) is 42.9 Å². The first-order valence-electron chi connectivity index (χ1n) is 8.02. The highest BCUT2D eigenvalue weighted by Gasteiger charge is 2.29. The molecule has 0 amide bonds. The first kappa shape index (κ1) is 14.1. The molecular formula is C17H26N2O. The SMILES string of the molecule is NCCOC1CCCN(C2CCCc3ccccc32)C1. The molecule has 0 bridgehead atoms. The maximum atomic E-state index is 5.87. The van der Waals surface area contributed by atoms with Crippen LogP contribution in [-0.4, -0.2) is 37.2 Å². The number of benzene rings is 1. The van der Waals surface area contributed by atoms with Crippen molar-refractivity contribution >= 4 is 0 Å². The summed E-state index contributed by atoms with van der Waals surface area (Å²) in [7, 11) is 0. The average Bonchev–Trinajstić information content (AvgIpc) is 2.52. The Labute approximate surface area is 122 Å². The minimum atomic E-state index is 0.376. The standard InChI is InChI=1S/C17H26N2O/c18-10-12-20-15-7-4-11-19(13-15)17-9-3-6-14-5-1-2-8-16(14)17/h1-2,5,8,15,17H,3-4,6-7,9-13,18H2. The summed E-state index contributed by atoms with van der Waals surface area (Å²) in [6, 6.07) is 9.58. The molecule has 1 aliphatic carbocycles. The highest BCUT2D eigenvalue weighted by atomic mass is 16.5. The van der Waals surface area contributed by atoms with Gasteiger partial charge in [-0.15, -0.1) is 0 Å². The average molecular weight is 274 g/mol. The van der Waals surface area contributed by atoms with E-state index in [9.17, 15) is 0 Å². The summed E-state index contributed by atoms with van der Waals surface area (Å²) in [6.45, 7) is 3.60. The Balaban J connectivity index is 1.70. The summed E-state index contributed by atoms with van der Waals surface area (Å²) in [4.78, 5) is 2.64. The molecule has 1 aromatic carbocycles. The van der Waals surface area contributed by atoms with Gasteiger partial charge in [-0.3, -0.25) is 4.90 Å². The Hall–Kier alpha value is -0.900. The van der Waals surface area contributed by atoms with Crippen LogP contribution in [0.25, 0.3) is 0 Å². The first-order chi connectivity index (χ1) is 9.88. The molecule has 0 aromatic heterocycles. The van der Waals surface area contributed by atoms with E-state index < -0.39 is 0 Å². The summed E-state index contributed by atoms with van der Waals surface area (Å²) in [6.07, 6.45) is 6.65. The normalized spacial score (nSPS) is 27.2. The Morgan fingerprint density at radius 3 is 3.00 bits per heavy atom. The van der Waals surface area contributed by atoms with E-state index in [-0.39, 0.29) is 0 Å². The molecule has 0 saturated carbocycles. The Bertz CT molecular complexity index is 435. The van der Waals surface area contributed by atoms with Crippen LogP contribution < -0.4 is 5.73 Å². The predicted octanol–water partition coefficient (Wildman–Crippen LogP) is 2.50. The number of hydrogen-bond donors (Lipinski definition) is 1. The molecular weight excluding hydrogens is 248 g/mol. The minimum absolute atomic E-state index is 0.376. The van der Waals surface area contributed by atoms with Crippen molar-refractivity contribution in [1.29, 1.82) is 0 Å². The van der Waals surface area contributed by atoms with Gasteiger partial charge < -0.3 is 10.5 Å². The molecule has 20 heavy (non-hydrogen) atoms. The number of aryl methyl sites for hydroxylation is 1. The van der Waals surface area contributed by atoms with E-state index >= 15 is 0 Å². The first-order valence-corrected chi connectivity index (χ1v) is 8.02. The lowest BCUT2D eigenvalue weighted by molar-refractivity contribution is -0.0122. The second kappa shape index (κ2) is 6.70. The molecule has 0 spiro atoms. The highest BCUT2D eigenvalue weighted by Crippen LogP contribution is 2.35. The number of fused-ring (bicyclic) bond motifs is 1. The van der Waals surface area contributed by atoms with Crippen LogP contribution in [0.5, 0.6) is 0 Å². The monoisotopic (exact) mass is 274 g/mol. The van der Waals surface area contributed by atoms with Crippen LogP contribution in [0.4, 0.5) is 0 Å². The number of nitrogens with zero attached hydrogens (tertiary/aromatic N) is 1. The van der Waals surface area contributed by atoms with E-state index in [0.717, 1.165) is 6.54 Å². The molecule has 3 nitrogen and oxygen atoms in total. The fourth-order valence-electron chi connectivity index (χ4n) is 3.73. The van der Waals surface area contributed by atoms with Crippen LogP contribution in [0.2, 0.25) is 0 Å². The van der Waals surface area contributed by atoms with Gasteiger partial charge >= 0.3 is 0 Å². The summed E-state index contributed by atoms with van der Waals surface area (Å²) in [5.74, 6) is 0. The van der Waals surface area contributed by atoms with Crippen molar-refractivity contribution in [3.63, 3.8) is 0 Å². The number of hydrogen-bond acceptors (Lipinski definition) is 3. The lowest BCUT2D eigenvalue weighted by Gasteiger charge is -2.40. The lowest BCUT2D eigenvalue weighted by atomic mass is 9.86. The summed E-state index contributed by atoms with van der Waals surface area (Å²) in [5, 5.41) is 0.